The highest BCUT2D eigenvalue weighted by atomic mass is 15.2. The van der Waals surface area contributed by atoms with Crippen LogP contribution in [0.1, 0.15) is 0 Å². The standard InChI is InChI=1S/C58H38N4/c1-5-17-43(18-6-1)59(49-35-41-29-27-39-15-13-25-51-55(39)57(41)53(37-49)61(51)45-21-9-3-10-22-45)47-31-33-48(34-32-47)60(44-19-7-2-8-20-44)50-36-42-30-28-40-16-14-26-52-56(40)58(42)54(38-50)62(52)46-23-11-4-12-24-46/h1-38H. The fraction of sp³-hybridized carbons (Fsp3) is 0. The van der Waals surface area contributed by atoms with Crippen molar-refractivity contribution in [2.45, 2.75) is 0 Å². The van der Waals surface area contributed by atoms with Crippen LogP contribution >= 0.6 is 0 Å². The van der Waals surface area contributed by atoms with Gasteiger partial charge in [-0.15, -0.1) is 0 Å². The first-order valence-corrected chi connectivity index (χ1v) is 21.3. The minimum Gasteiger partial charge on any atom is -0.310 e. The van der Waals surface area contributed by atoms with Gasteiger partial charge < -0.3 is 18.9 Å². The third-order valence-electron chi connectivity index (χ3n) is 12.7. The number of hydrogen-bond acceptors (Lipinski definition) is 2. The molecule has 2 aromatic heterocycles. The van der Waals surface area contributed by atoms with E-state index in [0.717, 1.165) is 45.5 Å². The summed E-state index contributed by atoms with van der Waals surface area (Å²) in [5.41, 5.74) is 13.7. The molecule has 0 aliphatic rings. The van der Waals surface area contributed by atoms with Gasteiger partial charge in [0.25, 0.3) is 0 Å². The van der Waals surface area contributed by atoms with E-state index >= 15 is 0 Å². The number of benzene rings is 11. The number of hydrogen-bond donors (Lipinski definition) is 0. The predicted octanol–water partition coefficient (Wildman–Crippen LogP) is 16.0. The Labute approximate surface area is 358 Å². The lowest BCUT2D eigenvalue weighted by Gasteiger charge is -2.29. The molecule has 0 bridgehead atoms. The topological polar surface area (TPSA) is 16.3 Å². The summed E-state index contributed by atoms with van der Waals surface area (Å²) in [6, 6.07) is 83.9. The van der Waals surface area contributed by atoms with Gasteiger partial charge in [0, 0.05) is 67.0 Å². The summed E-state index contributed by atoms with van der Waals surface area (Å²) in [6.07, 6.45) is 0. The quantitative estimate of drug-likeness (QED) is 0.143. The minimum absolute atomic E-state index is 1.08. The van der Waals surface area contributed by atoms with Crippen LogP contribution in [-0.2, 0) is 0 Å². The van der Waals surface area contributed by atoms with Gasteiger partial charge in [0.2, 0.25) is 0 Å². The average Bonchev–Trinajstić information content (AvgIpc) is 3.86. The monoisotopic (exact) mass is 790 g/mol. The van der Waals surface area contributed by atoms with Gasteiger partial charge in [-0.1, -0.05) is 121 Å². The summed E-state index contributed by atoms with van der Waals surface area (Å²) in [5, 5.41) is 10.1. The lowest BCUT2D eigenvalue weighted by Crippen LogP contribution is -2.12. The Balaban J connectivity index is 0.996. The van der Waals surface area contributed by atoms with Crippen LogP contribution < -0.4 is 9.80 Å². The second kappa shape index (κ2) is 13.6. The third kappa shape index (κ3) is 5.20. The third-order valence-corrected chi connectivity index (χ3v) is 12.7. The number of para-hydroxylation sites is 4. The molecule has 2 heterocycles. The summed E-state index contributed by atoms with van der Waals surface area (Å²) in [4.78, 5) is 4.78. The maximum atomic E-state index is 2.43. The van der Waals surface area contributed by atoms with Crippen molar-refractivity contribution in [3.05, 3.63) is 231 Å². The molecule has 0 saturated heterocycles. The summed E-state index contributed by atoms with van der Waals surface area (Å²) in [5.74, 6) is 0. The Morgan fingerprint density at radius 3 is 0.968 bits per heavy atom. The molecule has 0 unspecified atom stereocenters. The predicted molar refractivity (Wildman–Crippen MR) is 262 cm³/mol. The van der Waals surface area contributed by atoms with Gasteiger partial charge in [-0.25, -0.2) is 0 Å². The lowest BCUT2D eigenvalue weighted by molar-refractivity contribution is 1.18. The molecule has 0 saturated carbocycles. The van der Waals surface area contributed by atoms with Crippen molar-refractivity contribution >= 4 is 99.3 Å². The van der Waals surface area contributed by atoms with Gasteiger partial charge in [-0.3, -0.25) is 0 Å². The maximum absolute atomic E-state index is 2.43. The number of aromatic nitrogens is 2. The second-order valence-corrected chi connectivity index (χ2v) is 16.2. The molecule has 0 N–H and O–H groups in total. The zero-order chi connectivity index (χ0) is 40.7. The first-order chi connectivity index (χ1) is 30.8. The molecule has 4 nitrogen and oxygen atoms in total. The van der Waals surface area contributed by atoms with Gasteiger partial charge >= 0.3 is 0 Å². The van der Waals surface area contributed by atoms with Crippen LogP contribution in [0.2, 0.25) is 0 Å². The van der Waals surface area contributed by atoms with Gasteiger partial charge in [-0.05, 0) is 131 Å². The van der Waals surface area contributed by atoms with Crippen molar-refractivity contribution in [2.75, 3.05) is 9.80 Å². The molecule has 0 aliphatic carbocycles. The molecule has 4 heteroatoms. The second-order valence-electron chi connectivity index (χ2n) is 16.2. The molecule has 0 spiro atoms. The van der Waals surface area contributed by atoms with E-state index in [4.69, 9.17) is 0 Å². The van der Waals surface area contributed by atoms with E-state index in [1.807, 2.05) is 0 Å². The highest BCUT2D eigenvalue weighted by molar-refractivity contribution is 6.26. The van der Waals surface area contributed by atoms with Crippen molar-refractivity contribution in [1.82, 2.24) is 9.13 Å². The molecule has 0 radical (unpaired) electrons. The van der Waals surface area contributed by atoms with Crippen LogP contribution in [-0.4, -0.2) is 9.13 Å². The Morgan fingerprint density at radius 2 is 0.565 bits per heavy atom. The van der Waals surface area contributed by atoms with E-state index < -0.39 is 0 Å². The van der Waals surface area contributed by atoms with Crippen LogP contribution in [0.15, 0.2) is 231 Å². The zero-order valence-corrected chi connectivity index (χ0v) is 33.7. The first kappa shape index (κ1) is 34.5. The average molecular weight is 791 g/mol. The SMILES string of the molecule is c1ccc(N(c2ccc(N(c3ccccc3)c3cc4ccc5cccc6c5c4c(c3)n6-c3ccccc3)cc2)c2cc3ccc4cccc5c4c3c(c2)n5-c2ccccc2)cc1. The van der Waals surface area contributed by atoms with Crippen molar-refractivity contribution < 1.29 is 0 Å². The fourth-order valence-corrected chi connectivity index (χ4v) is 10.1. The fourth-order valence-electron chi connectivity index (χ4n) is 10.1. The molecular weight excluding hydrogens is 753 g/mol. The lowest BCUT2D eigenvalue weighted by atomic mass is 10.0. The maximum Gasteiger partial charge on any atom is 0.0568 e. The Morgan fingerprint density at radius 1 is 0.226 bits per heavy atom. The van der Waals surface area contributed by atoms with E-state index in [-0.39, 0.29) is 0 Å². The Hall–Kier alpha value is -8.34. The molecule has 0 aliphatic heterocycles. The van der Waals surface area contributed by atoms with Gasteiger partial charge in [0.15, 0.2) is 0 Å². The largest absolute Gasteiger partial charge is 0.310 e. The molecule has 290 valence electrons. The first-order valence-electron chi connectivity index (χ1n) is 21.3. The van der Waals surface area contributed by atoms with Gasteiger partial charge in [0.05, 0.1) is 22.1 Å². The summed E-state index contributed by atoms with van der Waals surface area (Å²) >= 11 is 0. The van der Waals surface area contributed by atoms with Crippen molar-refractivity contribution in [2.24, 2.45) is 0 Å². The van der Waals surface area contributed by atoms with Crippen LogP contribution in [0.4, 0.5) is 34.1 Å². The van der Waals surface area contributed by atoms with Crippen LogP contribution in [0.25, 0.3) is 76.5 Å². The molecule has 0 amide bonds. The molecule has 0 atom stereocenters. The van der Waals surface area contributed by atoms with E-state index in [2.05, 4.69) is 249 Å². The normalized spacial score (nSPS) is 11.9. The number of nitrogens with zero attached hydrogens (tertiary/aromatic N) is 4. The van der Waals surface area contributed by atoms with Crippen molar-refractivity contribution in [1.29, 1.82) is 0 Å². The number of anilines is 6. The summed E-state index contributed by atoms with van der Waals surface area (Å²) < 4.78 is 4.85. The molecular formula is C58H38N4. The van der Waals surface area contributed by atoms with E-state index in [0.29, 0.717) is 0 Å². The highest BCUT2D eigenvalue weighted by Gasteiger charge is 2.23. The Bertz CT molecular complexity index is 3470. The molecule has 13 aromatic rings. The van der Waals surface area contributed by atoms with Crippen molar-refractivity contribution in [3.63, 3.8) is 0 Å². The van der Waals surface area contributed by atoms with Gasteiger partial charge in [-0.2, -0.15) is 0 Å². The summed E-state index contributed by atoms with van der Waals surface area (Å²) in [7, 11) is 0. The van der Waals surface area contributed by atoms with E-state index in [1.54, 1.807) is 0 Å². The minimum atomic E-state index is 1.08. The highest BCUT2D eigenvalue weighted by Crippen LogP contribution is 2.47. The van der Waals surface area contributed by atoms with Crippen LogP contribution in [0.5, 0.6) is 0 Å². The molecule has 11 aromatic carbocycles. The smallest absolute Gasteiger partial charge is 0.0568 e. The van der Waals surface area contributed by atoms with Crippen LogP contribution in [0, 0.1) is 0 Å². The number of rotatable bonds is 8. The van der Waals surface area contributed by atoms with E-state index in [1.165, 1.54) is 65.2 Å². The Kier molecular flexibility index (Phi) is 7.57. The molecule has 0 fully saturated rings. The van der Waals surface area contributed by atoms with Crippen LogP contribution in [0.3, 0.4) is 0 Å². The summed E-state index contributed by atoms with van der Waals surface area (Å²) in [6.45, 7) is 0. The van der Waals surface area contributed by atoms with Crippen molar-refractivity contribution in [3.8, 4) is 11.4 Å². The van der Waals surface area contributed by atoms with Gasteiger partial charge in [0.1, 0.15) is 0 Å². The molecule has 13 rings (SSSR count). The molecule has 62 heavy (non-hydrogen) atoms. The zero-order valence-electron chi connectivity index (χ0n) is 33.7. The van der Waals surface area contributed by atoms with E-state index in [9.17, 15) is 0 Å².